The van der Waals surface area contributed by atoms with Gasteiger partial charge in [0.15, 0.2) is 0 Å². The number of aromatic nitrogens is 1. The van der Waals surface area contributed by atoms with Crippen LogP contribution in [-0.4, -0.2) is 41.3 Å². The molecule has 7 nitrogen and oxygen atoms in total. The summed E-state index contributed by atoms with van der Waals surface area (Å²) >= 11 is 5.92. The maximum atomic E-state index is 12.2. The second-order valence-corrected chi connectivity index (χ2v) is 5.74. The van der Waals surface area contributed by atoms with Crippen molar-refractivity contribution in [2.45, 2.75) is 6.42 Å². The Morgan fingerprint density at radius 2 is 2.08 bits per heavy atom. The first-order valence-corrected chi connectivity index (χ1v) is 7.83. The van der Waals surface area contributed by atoms with E-state index in [1.54, 1.807) is 30.3 Å². The molecule has 1 aliphatic rings. The Morgan fingerprint density at radius 1 is 1.28 bits per heavy atom. The molecule has 3 rings (SSSR count). The number of benzene rings is 1. The SMILES string of the molecule is COc1ccc(Cl)cc1NC(=O)CCN1C(=O)c2cccnc2C1=O. The molecule has 1 aromatic carbocycles. The van der Waals surface area contributed by atoms with Crippen molar-refractivity contribution in [2.24, 2.45) is 0 Å². The number of methoxy groups -OCH3 is 1. The molecule has 0 saturated carbocycles. The van der Waals surface area contributed by atoms with Crippen molar-refractivity contribution in [1.82, 2.24) is 9.88 Å². The number of nitrogens with zero attached hydrogens (tertiary/aromatic N) is 2. The summed E-state index contributed by atoms with van der Waals surface area (Å²) in [5.74, 6) is -0.845. The van der Waals surface area contributed by atoms with E-state index in [-0.39, 0.29) is 30.1 Å². The Hall–Kier alpha value is -2.93. The van der Waals surface area contributed by atoms with Gasteiger partial charge in [0.1, 0.15) is 11.4 Å². The first-order valence-electron chi connectivity index (χ1n) is 7.46. The fourth-order valence-corrected chi connectivity index (χ4v) is 2.69. The number of pyridine rings is 1. The number of carbonyl (C=O) groups is 3. The Bertz CT molecular complexity index is 834. The maximum Gasteiger partial charge on any atom is 0.280 e. The highest BCUT2D eigenvalue weighted by Crippen LogP contribution is 2.28. The molecule has 1 N–H and O–H groups in total. The maximum absolute atomic E-state index is 12.2. The topological polar surface area (TPSA) is 88.6 Å². The Labute approximate surface area is 148 Å². The van der Waals surface area contributed by atoms with Gasteiger partial charge >= 0.3 is 0 Å². The van der Waals surface area contributed by atoms with Gasteiger partial charge in [-0.3, -0.25) is 24.3 Å². The van der Waals surface area contributed by atoms with Gasteiger partial charge in [-0.05, 0) is 30.3 Å². The Balaban J connectivity index is 1.65. The van der Waals surface area contributed by atoms with Crippen molar-refractivity contribution < 1.29 is 19.1 Å². The van der Waals surface area contributed by atoms with E-state index < -0.39 is 11.8 Å². The summed E-state index contributed by atoms with van der Waals surface area (Å²) < 4.78 is 5.16. The van der Waals surface area contributed by atoms with E-state index in [0.29, 0.717) is 16.5 Å². The number of anilines is 1. The van der Waals surface area contributed by atoms with Crippen molar-refractivity contribution in [3.8, 4) is 5.75 Å². The summed E-state index contributed by atoms with van der Waals surface area (Å²) in [7, 11) is 1.48. The molecule has 0 spiro atoms. The number of fused-ring (bicyclic) bond motifs is 1. The third-order valence-corrected chi connectivity index (χ3v) is 3.96. The third kappa shape index (κ3) is 3.32. The van der Waals surface area contributed by atoms with Gasteiger partial charge in [0.05, 0.1) is 18.4 Å². The molecule has 2 aromatic rings. The van der Waals surface area contributed by atoms with Crippen molar-refractivity contribution in [3.63, 3.8) is 0 Å². The van der Waals surface area contributed by atoms with Crippen LogP contribution in [0.4, 0.5) is 5.69 Å². The molecule has 25 heavy (non-hydrogen) atoms. The quantitative estimate of drug-likeness (QED) is 0.828. The van der Waals surface area contributed by atoms with Gasteiger partial charge in [-0.2, -0.15) is 0 Å². The average Bonchev–Trinajstić information content (AvgIpc) is 2.85. The lowest BCUT2D eigenvalue weighted by Gasteiger charge is -2.14. The van der Waals surface area contributed by atoms with Crippen molar-refractivity contribution in [1.29, 1.82) is 0 Å². The summed E-state index contributed by atoms with van der Waals surface area (Å²) in [6, 6.07) is 7.96. The van der Waals surface area contributed by atoms with Crippen molar-refractivity contribution >= 4 is 35.0 Å². The minimum atomic E-state index is -0.492. The predicted molar refractivity (Wildman–Crippen MR) is 90.9 cm³/mol. The van der Waals surface area contributed by atoms with Gasteiger partial charge in [-0.25, -0.2) is 0 Å². The van der Waals surface area contributed by atoms with E-state index in [9.17, 15) is 14.4 Å². The first kappa shape index (κ1) is 16.9. The van der Waals surface area contributed by atoms with Crippen LogP contribution >= 0.6 is 11.6 Å². The number of amides is 3. The molecule has 1 aromatic heterocycles. The molecule has 8 heteroatoms. The number of imide groups is 1. The highest BCUT2D eigenvalue weighted by Gasteiger charge is 2.36. The second-order valence-electron chi connectivity index (χ2n) is 5.30. The summed E-state index contributed by atoms with van der Waals surface area (Å²) in [5.41, 5.74) is 0.790. The molecule has 0 saturated heterocycles. The number of hydrogen-bond donors (Lipinski definition) is 1. The molecule has 0 atom stereocenters. The molecule has 2 heterocycles. The molecule has 0 unspecified atom stereocenters. The molecule has 0 aliphatic carbocycles. The van der Waals surface area contributed by atoms with Crippen LogP contribution in [0.3, 0.4) is 0 Å². The number of rotatable bonds is 5. The summed E-state index contributed by atoms with van der Waals surface area (Å²) in [6.45, 7) is -0.0389. The average molecular weight is 360 g/mol. The predicted octanol–water partition coefficient (Wildman–Crippen LogP) is 2.37. The zero-order valence-corrected chi connectivity index (χ0v) is 14.0. The zero-order valence-electron chi connectivity index (χ0n) is 13.3. The second kappa shape index (κ2) is 6.90. The van der Waals surface area contributed by atoms with Gasteiger partial charge in [0.2, 0.25) is 5.91 Å². The van der Waals surface area contributed by atoms with Crippen LogP contribution in [0, 0.1) is 0 Å². The molecule has 0 bridgehead atoms. The largest absolute Gasteiger partial charge is 0.495 e. The van der Waals surface area contributed by atoms with E-state index in [2.05, 4.69) is 10.3 Å². The molecule has 3 amide bonds. The van der Waals surface area contributed by atoms with E-state index >= 15 is 0 Å². The van der Waals surface area contributed by atoms with E-state index in [1.807, 2.05) is 0 Å². The lowest BCUT2D eigenvalue weighted by molar-refractivity contribution is -0.116. The fourth-order valence-electron chi connectivity index (χ4n) is 2.52. The smallest absolute Gasteiger partial charge is 0.280 e. The first-order chi connectivity index (χ1) is 12.0. The Kier molecular flexibility index (Phi) is 4.67. The van der Waals surface area contributed by atoms with E-state index in [0.717, 1.165) is 4.90 Å². The molecular formula is C17H14ClN3O4. The number of nitrogens with one attached hydrogen (secondary N) is 1. The highest BCUT2D eigenvalue weighted by atomic mass is 35.5. The van der Waals surface area contributed by atoms with Crippen LogP contribution in [0.2, 0.25) is 5.02 Å². The van der Waals surface area contributed by atoms with Crippen LogP contribution in [0.5, 0.6) is 5.75 Å². The van der Waals surface area contributed by atoms with Crippen molar-refractivity contribution in [3.05, 3.63) is 52.8 Å². The monoisotopic (exact) mass is 359 g/mol. The fraction of sp³-hybridized carbons (Fsp3) is 0.176. The van der Waals surface area contributed by atoms with Gasteiger partial charge in [-0.1, -0.05) is 11.6 Å². The minimum absolute atomic E-state index is 0.0389. The van der Waals surface area contributed by atoms with Crippen LogP contribution < -0.4 is 10.1 Å². The normalized spacial score (nSPS) is 13.0. The van der Waals surface area contributed by atoms with Gasteiger partial charge in [-0.15, -0.1) is 0 Å². The van der Waals surface area contributed by atoms with Gasteiger partial charge in [0, 0.05) is 24.2 Å². The van der Waals surface area contributed by atoms with E-state index in [1.165, 1.54) is 13.3 Å². The summed E-state index contributed by atoms with van der Waals surface area (Å²) in [4.78, 5) is 41.5. The van der Waals surface area contributed by atoms with Gasteiger partial charge in [0.25, 0.3) is 11.8 Å². The minimum Gasteiger partial charge on any atom is -0.495 e. The number of hydrogen-bond acceptors (Lipinski definition) is 5. The number of carbonyl (C=O) groups excluding carboxylic acids is 3. The lowest BCUT2D eigenvalue weighted by atomic mass is 10.2. The van der Waals surface area contributed by atoms with Crippen LogP contribution in [0.15, 0.2) is 36.5 Å². The molecule has 1 aliphatic heterocycles. The number of ether oxygens (including phenoxy) is 1. The molecule has 0 fully saturated rings. The Morgan fingerprint density at radius 3 is 2.80 bits per heavy atom. The van der Waals surface area contributed by atoms with Gasteiger partial charge < -0.3 is 10.1 Å². The van der Waals surface area contributed by atoms with Crippen molar-refractivity contribution in [2.75, 3.05) is 19.0 Å². The molecular weight excluding hydrogens is 346 g/mol. The molecule has 0 radical (unpaired) electrons. The molecule has 128 valence electrons. The van der Waals surface area contributed by atoms with Crippen LogP contribution in [-0.2, 0) is 4.79 Å². The zero-order chi connectivity index (χ0) is 18.0. The summed E-state index contributed by atoms with van der Waals surface area (Å²) in [5, 5.41) is 3.11. The standard InChI is InChI=1S/C17H14ClN3O4/c1-25-13-5-4-10(18)9-12(13)20-14(22)6-8-21-16(23)11-3-2-7-19-15(11)17(21)24/h2-5,7,9H,6,8H2,1H3,(H,20,22). The van der Waals surface area contributed by atoms with Crippen LogP contribution in [0.1, 0.15) is 27.3 Å². The third-order valence-electron chi connectivity index (χ3n) is 3.73. The highest BCUT2D eigenvalue weighted by molar-refractivity contribution is 6.31. The lowest BCUT2D eigenvalue weighted by Crippen LogP contribution is -2.33. The van der Waals surface area contributed by atoms with E-state index in [4.69, 9.17) is 16.3 Å². The van der Waals surface area contributed by atoms with Crippen LogP contribution in [0.25, 0.3) is 0 Å². The summed E-state index contributed by atoms with van der Waals surface area (Å²) in [6.07, 6.45) is 1.40. The number of halogens is 1.